The van der Waals surface area contributed by atoms with Crippen LogP contribution in [0.5, 0.6) is 0 Å². The quantitative estimate of drug-likeness (QED) is 0.887. The summed E-state index contributed by atoms with van der Waals surface area (Å²) in [5, 5.41) is 11.3. The standard InChI is InChI=1S/C15H21N5O2/c1-11-9-18-20(10-11)7-6-16-15(21)12-4-8-22-14(12)13-3-5-17-19(13)2/h3,5,9-10,12,14H,4,6-8H2,1-2H3,(H,16,21)/t12-,14-/m1/s1. The molecule has 7 heteroatoms. The molecule has 2 aromatic rings. The normalized spacial score (nSPS) is 21.2. The summed E-state index contributed by atoms with van der Waals surface area (Å²) in [7, 11) is 1.87. The zero-order valence-electron chi connectivity index (χ0n) is 12.9. The molecule has 1 N–H and O–H groups in total. The summed E-state index contributed by atoms with van der Waals surface area (Å²) in [6.07, 6.45) is 6.03. The number of nitrogens with zero attached hydrogens (tertiary/aromatic N) is 4. The third-order valence-corrected chi connectivity index (χ3v) is 3.98. The molecule has 2 aromatic heterocycles. The number of ether oxygens (including phenoxy) is 1. The van der Waals surface area contributed by atoms with Crippen molar-refractivity contribution < 1.29 is 9.53 Å². The smallest absolute Gasteiger partial charge is 0.226 e. The number of hydrogen-bond donors (Lipinski definition) is 1. The van der Waals surface area contributed by atoms with Crippen molar-refractivity contribution >= 4 is 5.91 Å². The second-order valence-corrected chi connectivity index (χ2v) is 5.64. The Morgan fingerprint density at radius 1 is 1.50 bits per heavy atom. The first-order chi connectivity index (χ1) is 10.6. The van der Waals surface area contributed by atoms with Gasteiger partial charge >= 0.3 is 0 Å². The molecule has 3 rings (SSSR count). The third-order valence-electron chi connectivity index (χ3n) is 3.98. The van der Waals surface area contributed by atoms with Crippen LogP contribution in [0, 0.1) is 12.8 Å². The first kappa shape index (κ1) is 14.8. The summed E-state index contributed by atoms with van der Waals surface area (Å²) in [6, 6.07) is 1.91. The van der Waals surface area contributed by atoms with Crippen LogP contribution in [0.2, 0.25) is 0 Å². The van der Waals surface area contributed by atoms with Gasteiger partial charge in [0.25, 0.3) is 0 Å². The van der Waals surface area contributed by atoms with Gasteiger partial charge in [0.1, 0.15) is 6.10 Å². The van der Waals surface area contributed by atoms with Gasteiger partial charge in [0.15, 0.2) is 0 Å². The lowest BCUT2D eigenvalue weighted by atomic mass is 9.98. The predicted octanol–water partition coefficient (Wildman–Crippen LogP) is 0.819. The van der Waals surface area contributed by atoms with Gasteiger partial charge < -0.3 is 10.1 Å². The second kappa shape index (κ2) is 6.31. The zero-order valence-corrected chi connectivity index (χ0v) is 12.9. The van der Waals surface area contributed by atoms with Crippen molar-refractivity contribution in [1.82, 2.24) is 24.9 Å². The Kier molecular flexibility index (Phi) is 4.24. The molecule has 1 aliphatic rings. The summed E-state index contributed by atoms with van der Waals surface area (Å²) in [4.78, 5) is 12.4. The number of rotatable bonds is 5. The van der Waals surface area contributed by atoms with E-state index in [0.717, 1.165) is 17.7 Å². The fraction of sp³-hybridized carbons (Fsp3) is 0.533. The highest BCUT2D eigenvalue weighted by molar-refractivity contribution is 5.79. The van der Waals surface area contributed by atoms with Crippen molar-refractivity contribution in [1.29, 1.82) is 0 Å². The summed E-state index contributed by atoms with van der Waals surface area (Å²) < 4.78 is 9.34. The van der Waals surface area contributed by atoms with E-state index >= 15 is 0 Å². The average Bonchev–Trinajstić information content (AvgIpc) is 3.19. The highest BCUT2D eigenvalue weighted by Crippen LogP contribution is 2.34. The molecule has 1 fully saturated rings. The molecule has 22 heavy (non-hydrogen) atoms. The molecule has 3 heterocycles. The lowest BCUT2D eigenvalue weighted by molar-refractivity contribution is -0.126. The molecule has 7 nitrogen and oxygen atoms in total. The van der Waals surface area contributed by atoms with Crippen LogP contribution >= 0.6 is 0 Å². The third kappa shape index (κ3) is 3.04. The Balaban J connectivity index is 1.56. The van der Waals surface area contributed by atoms with Gasteiger partial charge in [-0.1, -0.05) is 0 Å². The number of nitrogens with one attached hydrogen (secondary N) is 1. The van der Waals surface area contributed by atoms with Crippen molar-refractivity contribution in [3.05, 3.63) is 35.9 Å². The minimum atomic E-state index is -0.209. The molecule has 1 amide bonds. The van der Waals surface area contributed by atoms with E-state index in [1.165, 1.54) is 0 Å². The average molecular weight is 303 g/mol. The molecular weight excluding hydrogens is 282 g/mol. The van der Waals surface area contributed by atoms with Crippen molar-refractivity contribution in [3.63, 3.8) is 0 Å². The molecule has 1 aliphatic heterocycles. The fourth-order valence-electron chi connectivity index (χ4n) is 2.83. The van der Waals surface area contributed by atoms with Gasteiger partial charge in [-0.25, -0.2) is 0 Å². The number of carbonyl (C=O) groups excluding carboxylic acids is 1. The van der Waals surface area contributed by atoms with E-state index in [0.29, 0.717) is 19.7 Å². The molecule has 0 bridgehead atoms. The molecule has 0 aromatic carbocycles. The van der Waals surface area contributed by atoms with Gasteiger partial charge in [-0.3, -0.25) is 14.2 Å². The van der Waals surface area contributed by atoms with Crippen molar-refractivity contribution in [2.45, 2.75) is 26.0 Å². The Morgan fingerprint density at radius 3 is 3.05 bits per heavy atom. The van der Waals surface area contributed by atoms with Crippen molar-refractivity contribution in [3.8, 4) is 0 Å². The maximum absolute atomic E-state index is 12.4. The first-order valence-corrected chi connectivity index (χ1v) is 7.51. The molecule has 0 unspecified atom stereocenters. The van der Waals surface area contributed by atoms with Crippen LogP contribution in [0.4, 0.5) is 0 Å². The van der Waals surface area contributed by atoms with Crippen LogP contribution in [0.3, 0.4) is 0 Å². The topological polar surface area (TPSA) is 74.0 Å². The maximum Gasteiger partial charge on any atom is 0.226 e. The highest BCUT2D eigenvalue weighted by atomic mass is 16.5. The lowest BCUT2D eigenvalue weighted by Crippen LogP contribution is -2.34. The fourth-order valence-corrected chi connectivity index (χ4v) is 2.83. The Hall–Kier alpha value is -2.15. The van der Waals surface area contributed by atoms with Gasteiger partial charge in [0, 0.05) is 32.6 Å². The molecule has 118 valence electrons. The number of hydrogen-bond acceptors (Lipinski definition) is 4. The molecule has 0 spiro atoms. The summed E-state index contributed by atoms with van der Waals surface area (Å²) >= 11 is 0. The Morgan fingerprint density at radius 2 is 2.36 bits per heavy atom. The Labute approximate surface area is 129 Å². The van der Waals surface area contributed by atoms with Gasteiger partial charge in [-0.05, 0) is 25.0 Å². The van der Waals surface area contributed by atoms with Gasteiger partial charge in [0.2, 0.25) is 5.91 Å². The maximum atomic E-state index is 12.4. The predicted molar refractivity (Wildman–Crippen MR) is 80.0 cm³/mol. The molecule has 0 saturated carbocycles. The largest absolute Gasteiger partial charge is 0.371 e. The molecular formula is C15H21N5O2. The number of amides is 1. The van der Waals surface area contributed by atoms with Crippen LogP contribution in [-0.4, -0.2) is 38.6 Å². The van der Waals surface area contributed by atoms with Gasteiger partial charge in [-0.2, -0.15) is 10.2 Å². The van der Waals surface area contributed by atoms with Crippen LogP contribution < -0.4 is 5.32 Å². The van der Waals surface area contributed by atoms with Crippen LogP contribution in [-0.2, 0) is 23.1 Å². The minimum Gasteiger partial charge on any atom is -0.371 e. The van der Waals surface area contributed by atoms with E-state index in [1.54, 1.807) is 10.9 Å². The first-order valence-electron chi connectivity index (χ1n) is 7.51. The molecule has 0 radical (unpaired) electrons. The highest BCUT2D eigenvalue weighted by Gasteiger charge is 2.36. The lowest BCUT2D eigenvalue weighted by Gasteiger charge is -2.18. The van der Waals surface area contributed by atoms with Gasteiger partial charge in [-0.15, -0.1) is 0 Å². The number of aryl methyl sites for hydroxylation is 2. The minimum absolute atomic E-state index is 0.0348. The van der Waals surface area contributed by atoms with E-state index in [1.807, 2.05) is 37.1 Å². The second-order valence-electron chi connectivity index (χ2n) is 5.64. The van der Waals surface area contributed by atoms with E-state index in [9.17, 15) is 4.79 Å². The van der Waals surface area contributed by atoms with E-state index in [2.05, 4.69) is 15.5 Å². The van der Waals surface area contributed by atoms with E-state index in [-0.39, 0.29) is 17.9 Å². The Bertz CT molecular complexity index is 648. The van der Waals surface area contributed by atoms with Crippen molar-refractivity contribution in [2.75, 3.05) is 13.2 Å². The van der Waals surface area contributed by atoms with Gasteiger partial charge in [0.05, 0.1) is 24.4 Å². The number of aromatic nitrogens is 4. The number of carbonyl (C=O) groups is 1. The van der Waals surface area contributed by atoms with E-state index < -0.39 is 0 Å². The SMILES string of the molecule is Cc1cnn(CCNC(=O)[C@@H]2CCO[C@H]2c2ccnn2C)c1. The summed E-state index contributed by atoms with van der Waals surface area (Å²) in [5.41, 5.74) is 2.06. The summed E-state index contributed by atoms with van der Waals surface area (Å²) in [6.45, 7) is 3.83. The zero-order chi connectivity index (χ0) is 15.5. The molecule has 1 saturated heterocycles. The van der Waals surface area contributed by atoms with Crippen LogP contribution in [0.25, 0.3) is 0 Å². The van der Waals surface area contributed by atoms with Crippen LogP contribution in [0.15, 0.2) is 24.7 Å². The van der Waals surface area contributed by atoms with Crippen LogP contribution in [0.1, 0.15) is 23.8 Å². The monoisotopic (exact) mass is 303 g/mol. The molecule has 0 aliphatic carbocycles. The molecule has 2 atom stereocenters. The van der Waals surface area contributed by atoms with E-state index in [4.69, 9.17) is 4.74 Å². The summed E-state index contributed by atoms with van der Waals surface area (Å²) in [5.74, 6) is -0.123. The van der Waals surface area contributed by atoms with Crippen molar-refractivity contribution in [2.24, 2.45) is 13.0 Å².